The van der Waals surface area contributed by atoms with Crippen molar-refractivity contribution in [1.82, 2.24) is 21.3 Å². The normalized spacial score (nSPS) is 13.2. The maximum Gasteiger partial charge on any atom is 0.251 e. The molecule has 0 aliphatic rings. The largest absolute Gasteiger partial charge is 0.357 e. The fraction of sp³-hybridized carbons (Fsp3) is 0.429. The predicted octanol–water partition coefficient (Wildman–Crippen LogP) is 2.50. The highest BCUT2D eigenvalue weighted by atomic mass is 32.1. The average molecular weight is 527 g/mol. The quantitative estimate of drug-likeness (QED) is 0.192. The number of likely N-dealkylation sites (N-methyl/N-ethyl adjacent to an activating group) is 1. The van der Waals surface area contributed by atoms with E-state index in [4.69, 9.17) is 0 Å². The molecule has 0 heterocycles. The standard InChI is InChI=1S/C28H38N4O4S/c1-19(2)17-22(27(35)31-23(26(34)29-3)18-20-11-6-4-7-12-20)32-28(36)24(37)15-10-16-30-25(33)21-13-8-5-9-14-21/h4-9,11-14,19,22-24,37H,10,15-18H2,1-3H3,(H,29,34)(H,30,33)(H,31,35)(H,32,36)/t22-,23-,24?/m0/s1. The van der Waals surface area contributed by atoms with Crippen molar-refractivity contribution < 1.29 is 19.2 Å². The number of carbonyl (C=O) groups excluding carboxylic acids is 4. The van der Waals surface area contributed by atoms with Crippen LogP contribution in [-0.2, 0) is 20.8 Å². The van der Waals surface area contributed by atoms with Crippen LogP contribution in [-0.4, -0.2) is 54.6 Å². The molecule has 0 aliphatic carbocycles. The van der Waals surface area contributed by atoms with E-state index >= 15 is 0 Å². The van der Waals surface area contributed by atoms with Crippen LogP contribution in [0.3, 0.4) is 0 Å². The first kappa shape index (κ1) is 29.9. The van der Waals surface area contributed by atoms with Crippen LogP contribution in [0.2, 0.25) is 0 Å². The third-order valence-electron chi connectivity index (χ3n) is 5.78. The number of nitrogens with one attached hydrogen (secondary N) is 4. The Morgan fingerprint density at radius 3 is 2.00 bits per heavy atom. The second kappa shape index (κ2) is 15.7. The van der Waals surface area contributed by atoms with Crippen molar-refractivity contribution in [1.29, 1.82) is 0 Å². The summed E-state index contributed by atoms with van der Waals surface area (Å²) in [6.07, 6.45) is 1.72. The number of hydrogen-bond donors (Lipinski definition) is 5. The van der Waals surface area contributed by atoms with Crippen molar-refractivity contribution in [3.8, 4) is 0 Å². The van der Waals surface area contributed by atoms with Gasteiger partial charge in [-0.25, -0.2) is 0 Å². The zero-order chi connectivity index (χ0) is 27.2. The molecule has 0 radical (unpaired) electrons. The summed E-state index contributed by atoms with van der Waals surface area (Å²) in [5, 5.41) is 10.4. The van der Waals surface area contributed by atoms with Gasteiger partial charge in [-0.2, -0.15) is 12.6 Å². The molecule has 4 N–H and O–H groups in total. The first-order valence-corrected chi connectivity index (χ1v) is 13.1. The molecule has 0 spiro atoms. The van der Waals surface area contributed by atoms with Crippen LogP contribution in [0.15, 0.2) is 60.7 Å². The maximum atomic E-state index is 13.1. The molecule has 2 aromatic carbocycles. The van der Waals surface area contributed by atoms with E-state index in [-0.39, 0.29) is 23.6 Å². The molecule has 0 fully saturated rings. The molecule has 0 bridgehead atoms. The van der Waals surface area contributed by atoms with E-state index in [0.717, 1.165) is 5.56 Å². The zero-order valence-corrected chi connectivity index (χ0v) is 22.6. The SMILES string of the molecule is CNC(=O)[C@H](Cc1ccccc1)NC(=O)[C@H](CC(C)C)NC(=O)C(S)CCCNC(=O)c1ccccc1. The van der Waals surface area contributed by atoms with Gasteiger partial charge in [0.25, 0.3) is 5.91 Å². The van der Waals surface area contributed by atoms with Gasteiger partial charge in [0.15, 0.2) is 0 Å². The molecule has 0 saturated carbocycles. The van der Waals surface area contributed by atoms with E-state index in [1.807, 2.05) is 50.2 Å². The van der Waals surface area contributed by atoms with E-state index in [9.17, 15) is 19.2 Å². The minimum atomic E-state index is -0.803. The van der Waals surface area contributed by atoms with Crippen LogP contribution in [0, 0.1) is 5.92 Å². The lowest BCUT2D eigenvalue weighted by atomic mass is 10.0. The highest BCUT2D eigenvalue weighted by Gasteiger charge is 2.28. The first-order valence-electron chi connectivity index (χ1n) is 12.6. The summed E-state index contributed by atoms with van der Waals surface area (Å²) >= 11 is 4.42. The number of amides is 4. The summed E-state index contributed by atoms with van der Waals surface area (Å²) in [6.45, 7) is 4.32. The molecule has 0 aromatic heterocycles. The minimum absolute atomic E-state index is 0.134. The fourth-order valence-electron chi connectivity index (χ4n) is 3.80. The molecule has 2 aromatic rings. The second-order valence-corrected chi connectivity index (χ2v) is 9.96. The van der Waals surface area contributed by atoms with E-state index < -0.39 is 23.2 Å². The summed E-state index contributed by atoms with van der Waals surface area (Å²) in [7, 11) is 1.52. The number of hydrogen-bond acceptors (Lipinski definition) is 5. The molecule has 3 atom stereocenters. The van der Waals surface area contributed by atoms with Crippen LogP contribution in [0.5, 0.6) is 0 Å². The van der Waals surface area contributed by atoms with Crippen molar-refractivity contribution in [2.24, 2.45) is 5.92 Å². The van der Waals surface area contributed by atoms with E-state index in [1.54, 1.807) is 24.3 Å². The lowest BCUT2D eigenvalue weighted by Crippen LogP contribution is -2.55. The van der Waals surface area contributed by atoms with Gasteiger partial charge in [-0.3, -0.25) is 19.2 Å². The monoisotopic (exact) mass is 526 g/mol. The van der Waals surface area contributed by atoms with Crippen molar-refractivity contribution in [2.45, 2.75) is 56.9 Å². The summed E-state index contributed by atoms with van der Waals surface area (Å²) in [6, 6.07) is 16.8. The number of benzene rings is 2. The topological polar surface area (TPSA) is 116 Å². The molecular formula is C28H38N4O4S. The lowest BCUT2D eigenvalue weighted by Gasteiger charge is -2.25. The van der Waals surface area contributed by atoms with Gasteiger partial charge in [-0.15, -0.1) is 0 Å². The van der Waals surface area contributed by atoms with Crippen LogP contribution in [0.25, 0.3) is 0 Å². The smallest absolute Gasteiger partial charge is 0.251 e. The predicted molar refractivity (Wildman–Crippen MR) is 148 cm³/mol. The van der Waals surface area contributed by atoms with Gasteiger partial charge in [-0.1, -0.05) is 62.4 Å². The van der Waals surface area contributed by atoms with Crippen LogP contribution < -0.4 is 21.3 Å². The van der Waals surface area contributed by atoms with E-state index in [1.165, 1.54) is 7.05 Å². The maximum absolute atomic E-state index is 13.1. The van der Waals surface area contributed by atoms with Gasteiger partial charge in [0.05, 0.1) is 5.25 Å². The van der Waals surface area contributed by atoms with Gasteiger partial charge < -0.3 is 21.3 Å². The Hall–Kier alpha value is -3.33. The van der Waals surface area contributed by atoms with Gasteiger partial charge >= 0.3 is 0 Å². The lowest BCUT2D eigenvalue weighted by molar-refractivity contribution is -0.132. The molecule has 0 saturated heterocycles. The summed E-state index contributed by atoms with van der Waals surface area (Å²) in [5.74, 6) is -1.12. The van der Waals surface area contributed by atoms with Crippen molar-refractivity contribution in [3.05, 3.63) is 71.8 Å². The van der Waals surface area contributed by atoms with Gasteiger partial charge in [-0.05, 0) is 42.9 Å². The Bertz CT molecular complexity index is 1020. The zero-order valence-electron chi connectivity index (χ0n) is 21.7. The summed E-state index contributed by atoms with van der Waals surface area (Å²) in [4.78, 5) is 50.6. The highest BCUT2D eigenvalue weighted by molar-refractivity contribution is 7.81. The molecule has 1 unspecified atom stereocenters. The van der Waals surface area contributed by atoms with Gasteiger partial charge in [0.1, 0.15) is 12.1 Å². The Labute approximate surface area is 224 Å². The van der Waals surface area contributed by atoms with Crippen molar-refractivity contribution in [3.63, 3.8) is 0 Å². The molecule has 37 heavy (non-hydrogen) atoms. The number of carbonyl (C=O) groups is 4. The van der Waals surface area contributed by atoms with Crippen LogP contribution in [0.4, 0.5) is 0 Å². The molecule has 4 amide bonds. The van der Waals surface area contributed by atoms with Gasteiger partial charge in [0.2, 0.25) is 17.7 Å². The molecular weight excluding hydrogens is 488 g/mol. The summed E-state index contributed by atoms with van der Waals surface area (Å²) in [5.41, 5.74) is 1.49. The van der Waals surface area contributed by atoms with Crippen molar-refractivity contribution >= 4 is 36.3 Å². The summed E-state index contributed by atoms with van der Waals surface area (Å²) < 4.78 is 0. The molecule has 9 heteroatoms. The Kier molecular flexibility index (Phi) is 12.7. The number of rotatable bonds is 14. The van der Waals surface area contributed by atoms with E-state index in [2.05, 4.69) is 33.9 Å². The average Bonchev–Trinajstić information content (AvgIpc) is 2.90. The van der Waals surface area contributed by atoms with E-state index in [0.29, 0.717) is 37.8 Å². The molecule has 0 aliphatic heterocycles. The Morgan fingerprint density at radius 2 is 1.41 bits per heavy atom. The van der Waals surface area contributed by atoms with Crippen molar-refractivity contribution in [2.75, 3.05) is 13.6 Å². The fourth-order valence-corrected chi connectivity index (χ4v) is 4.05. The third-order valence-corrected chi connectivity index (χ3v) is 6.27. The Morgan fingerprint density at radius 1 is 0.811 bits per heavy atom. The third kappa shape index (κ3) is 10.7. The van der Waals surface area contributed by atoms with Gasteiger partial charge in [0, 0.05) is 25.6 Å². The molecule has 200 valence electrons. The van der Waals surface area contributed by atoms with Crippen LogP contribution >= 0.6 is 12.6 Å². The first-order chi connectivity index (χ1) is 17.7. The minimum Gasteiger partial charge on any atom is -0.357 e. The van der Waals surface area contributed by atoms with Crippen LogP contribution in [0.1, 0.15) is 49.0 Å². The second-order valence-electron chi connectivity index (χ2n) is 9.34. The number of thiol groups is 1. The molecule has 2 rings (SSSR count). The molecule has 8 nitrogen and oxygen atoms in total. The highest BCUT2D eigenvalue weighted by Crippen LogP contribution is 2.11. The Balaban J connectivity index is 1.91.